The lowest BCUT2D eigenvalue weighted by Gasteiger charge is -2.29. The first-order chi connectivity index (χ1) is 14.0. The zero-order chi connectivity index (χ0) is 20.8. The van der Waals surface area contributed by atoms with Crippen molar-refractivity contribution in [1.82, 2.24) is 4.90 Å². The number of nitro benzene ring substituents is 1. The number of ether oxygens (including phenoxy) is 1. The molecule has 0 saturated heterocycles. The Kier molecular flexibility index (Phi) is 6.19. The van der Waals surface area contributed by atoms with Crippen LogP contribution < -0.4 is 4.74 Å². The molecular formula is C22H19FN2O4. The van der Waals surface area contributed by atoms with Crippen LogP contribution in [0.2, 0.25) is 0 Å². The first-order valence-electron chi connectivity index (χ1n) is 8.89. The molecule has 0 aliphatic rings. The van der Waals surface area contributed by atoms with Crippen LogP contribution in [-0.4, -0.2) is 29.4 Å². The second-order valence-electron chi connectivity index (χ2n) is 6.39. The van der Waals surface area contributed by atoms with Crippen molar-refractivity contribution in [2.75, 3.05) is 13.7 Å². The molecule has 29 heavy (non-hydrogen) atoms. The van der Waals surface area contributed by atoms with Crippen molar-refractivity contribution in [3.8, 4) is 5.75 Å². The molecule has 0 aromatic heterocycles. The summed E-state index contributed by atoms with van der Waals surface area (Å²) in [5.41, 5.74) is 1.42. The topological polar surface area (TPSA) is 72.7 Å². The van der Waals surface area contributed by atoms with Gasteiger partial charge in [0.25, 0.3) is 5.91 Å². The first-order valence-corrected chi connectivity index (χ1v) is 8.89. The molecule has 0 bridgehead atoms. The lowest BCUT2D eigenvalue weighted by Crippen LogP contribution is -2.35. The molecule has 0 radical (unpaired) electrons. The van der Waals surface area contributed by atoms with E-state index in [1.54, 1.807) is 7.05 Å². The summed E-state index contributed by atoms with van der Waals surface area (Å²) in [6, 6.07) is 21.5. The van der Waals surface area contributed by atoms with Crippen molar-refractivity contribution in [2.45, 2.75) is 6.04 Å². The monoisotopic (exact) mass is 394 g/mol. The van der Waals surface area contributed by atoms with E-state index >= 15 is 0 Å². The molecule has 0 aliphatic carbocycles. The number of benzene rings is 3. The highest BCUT2D eigenvalue weighted by atomic mass is 19.1. The summed E-state index contributed by atoms with van der Waals surface area (Å²) in [4.78, 5) is 24.7. The van der Waals surface area contributed by atoms with E-state index in [1.807, 2.05) is 60.7 Å². The van der Waals surface area contributed by atoms with Gasteiger partial charge in [-0.3, -0.25) is 14.9 Å². The molecule has 3 aromatic rings. The number of carbonyl (C=O) groups excluding carboxylic acids is 1. The molecule has 3 rings (SSSR count). The summed E-state index contributed by atoms with van der Waals surface area (Å²) in [6.45, 7) is -0.461. The second-order valence-corrected chi connectivity index (χ2v) is 6.39. The number of carbonyl (C=O) groups is 1. The van der Waals surface area contributed by atoms with Gasteiger partial charge >= 0.3 is 5.69 Å². The first kappa shape index (κ1) is 20.0. The van der Waals surface area contributed by atoms with Gasteiger partial charge in [-0.15, -0.1) is 0 Å². The van der Waals surface area contributed by atoms with Crippen LogP contribution in [0.4, 0.5) is 10.1 Å². The SMILES string of the molecule is CN(C(=O)COc1cc(F)ccc1[N+](=O)[O-])C(c1ccccc1)c1ccccc1. The summed E-state index contributed by atoms with van der Waals surface area (Å²) in [5, 5.41) is 11.1. The van der Waals surface area contributed by atoms with E-state index in [9.17, 15) is 19.3 Å². The zero-order valence-corrected chi connectivity index (χ0v) is 15.7. The van der Waals surface area contributed by atoms with Crippen molar-refractivity contribution in [2.24, 2.45) is 0 Å². The van der Waals surface area contributed by atoms with Crippen molar-refractivity contribution in [1.29, 1.82) is 0 Å². The van der Waals surface area contributed by atoms with Gasteiger partial charge in [0.2, 0.25) is 5.75 Å². The molecule has 0 saturated carbocycles. The average Bonchev–Trinajstić information content (AvgIpc) is 2.73. The van der Waals surface area contributed by atoms with E-state index in [0.29, 0.717) is 0 Å². The summed E-state index contributed by atoms with van der Waals surface area (Å²) in [6.07, 6.45) is 0. The molecule has 1 amide bonds. The molecule has 0 heterocycles. The zero-order valence-electron chi connectivity index (χ0n) is 15.7. The fourth-order valence-corrected chi connectivity index (χ4v) is 3.05. The highest BCUT2D eigenvalue weighted by Gasteiger charge is 2.25. The van der Waals surface area contributed by atoms with E-state index in [0.717, 1.165) is 29.3 Å². The highest BCUT2D eigenvalue weighted by molar-refractivity contribution is 5.78. The van der Waals surface area contributed by atoms with Gasteiger partial charge in [0.1, 0.15) is 5.82 Å². The standard InChI is InChI=1S/C22H19FN2O4/c1-24(21(26)15-29-20-14-18(23)12-13-19(20)25(27)28)22(16-8-4-2-5-9-16)17-10-6-3-7-11-17/h2-14,22H,15H2,1H3. The van der Waals surface area contributed by atoms with Crippen molar-refractivity contribution in [3.05, 3.63) is 106 Å². The summed E-state index contributed by atoms with van der Waals surface area (Å²) >= 11 is 0. The second kappa shape index (κ2) is 8.97. The summed E-state index contributed by atoms with van der Waals surface area (Å²) in [5.74, 6) is -1.37. The number of nitrogens with zero attached hydrogens (tertiary/aromatic N) is 2. The maximum absolute atomic E-state index is 13.5. The normalized spacial score (nSPS) is 10.6. The molecule has 0 aliphatic heterocycles. The smallest absolute Gasteiger partial charge is 0.311 e. The maximum atomic E-state index is 13.5. The van der Waals surface area contributed by atoms with E-state index in [4.69, 9.17) is 4.74 Å². The molecule has 7 heteroatoms. The van der Waals surface area contributed by atoms with Crippen molar-refractivity contribution < 1.29 is 18.8 Å². The van der Waals surface area contributed by atoms with Gasteiger partial charge in [-0.05, 0) is 17.2 Å². The van der Waals surface area contributed by atoms with Crippen LogP contribution in [0, 0.1) is 15.9 Å². The largest absolute Gasteiger partial charge is 0.477 e. The third kappa shape index (κ3) is 4.76. The van der Waals surface area contributed by atoms with Gasteiger partial charge in [-0.25, -0.2) is 4.39 Å². The van der Waals surface area contributed by atoms with Gasteiger partial charge in [0.05, 0.1) is 11.0 Å². The van der Waals surface area contributed by atoms with E-state index in [-0.39, 0.29) is 11.8 Å². The number of hydrogen-bond acceptors (Lipinski definition) is 4. The Balaban J connectivity index is 1.82. The van der Waals surface area contributed by atoms with Crippen LogP contribution in [0.15, 0.2) is 78.9 Å². The van der Waals surface area contributed by atoms with Crippen molar-refractivity contribution in [3.63, 3.8) is 0 Å². The molecule has 0 N–H and O–H groups in total. The Labute approximate surface area is 167 Å². The highest BCUT2D eigenvalue weighted by Crippen LogP contribution is 2.29. The van der Waals surface area contributed by atoms with Gasteiger partial charge in [-0.2, -0.15) is 0 Å². The van der Waals surface area contributed by atoms with Crippen LogP contribution in [0.25, 0.3) is 0 Å². The van der Waals surface area contributed by atoms with Crippen LogP contribution >= 0.6 is 0 Å². The Bertz CT molecular complexity index is 957. The van der Waals surface area contributed by atoms with Crippen molar-refractivity contribution >= 4 is 11.6 Å². The number of likely N-dealkylation sites (N-methyl/N-ethyl adjacent to an activating group) is 1. The summed E-state index contributed by atoms with van der Waals surface area (Å²) < 4.78 is 18.8. The van der Waals surface area contributed by atoms with E-state index < -0.39 is 28.9 Å². The number of hydrogen-bond donors (Lipinski definition) is 0. The lowest BCUT2D eigenvalue weighted by molar-refractivity contribution is -0.385. The fraction of sp³-hybridized carbons (Fsp3) is 0.136. The molecule has 0 unspecified atom stereocenters. The van der Waals surface area contributed by atoms with Crippen LogP contribution in [0.5, 0.6) is 5.75 Å². The van der Waals surface area contributed by atoms with Gasteiger partial charge in [-0.1, -0.05) is 60.7 Å². The third-order valence-corrected chi connectivity index (χ3v) is 4.48. The molecule has 0 atom stereocenters. The molecule has 148 valence electrons. The predicted molar refractivity (Wildman–Crippen MR) is 106 cm³/mol. The number of halogens is 1. The number of amides is 1. The average molecular weight is 394 g/mol. The third-order valence-electron chi connectivity index (χ3n) is 4.48. The molecule has 6 nitrogen and oxygen atoms in total. The van der Waals surface area contributed by atoms with Gasteiger partial charge in [0.15, 0.2) is 6.61 Å². The number of rotatable bonds is 7. The predicted octanol–water partition coefficient (Wildman–Crippen LogP) is 4.36. The van der Waals surface area contributed by atoms with E-state index in [1.165, 1.54) is 4.90 Å². The fourth-order valence-electron chi connectivity index (χ4n) is 3.05. The Morgan fingerprint density at radius 2 is 1.59 bits per heavy atom. The summed E-state index contributed by atoms with van der Waals surface area (Å²) in [7, 11) is 1.64. The molecule has 0 fully saturated rings. The minimum atomic E-state index is -0.683. The van der Waals surface area contributed by atoms with Gasteiger partial charge < -0.3 is 9.64 Å². The Hall–Kier alpha value is -3.74. The molecule has 3 aromatic carbocycles. The molecule has 0 spiro atoms. The van der Waals surface area contributed by atoms with E-state index in [2.05, 4.69) is 0 Å². The van der Waals surface area contributed by atoms with Crippen LogP contribution in [0.3, 0.4) is 0 Å². The quantitative estimate of drug-likeness (QED) is 0.441. The minimum absolute atomic E-state index is 0.285. The Morgan fingerprint density at radius 1 is 1.03 bits per heavy atom. The number of nitro groups is 1. The van der Waals surface area contributed by atoms with Crippen LogP contribution in [-0.2, 0) is 4.79 Å². The van der Waals surface area contributed by atoms with Gasteiger partial charge in [0, 0.05) is 19.2 Å². The minimum Gasteiger partial charge on any atom is -0.477 e. The molecular weight excluding hydrogens is 375 g/mol. The van der Waals surface area contributed by atoms with Crippen LogP contribution in [0.1, 0.15) is 17.2 Å². The Morgan fingerprint density at radius 3 is 2.10 bits per heavy atom. The maximum Gasteiger partial charge on any atom is 0.311 e. The lowest BCUT2D eigenvalue weighted by atomic mass is 9.97.